The number of benzene rings is 1. The van der Waals surface area contributed by atoms with Crippen molar-refractivity contribution in [2.45, 2.75) is 44.1 Å². The number of guanidine groups is 2. The van der Waals surface area contributed by atoms with E-state index in [1.807, 2.05) is 0 Å². The van der Waals surface area contributed by atoms with Gasteiger partial charge < -0.3 is 20.9 Å². The monoisotopic (exact) mass is 349 g/mol. The molecule has 0 amide bonds. The quantitative estimate of drug-likeness (QED) is 0.812. The molecule has 8 heteroatoms. The van der Waals surface area contributed by atoms with Crippen molar-refractivity contribution in [2.75, 3.05) is 19.1 Å². The van der Waals surface area contributed by atoms with Crippen LogP contribution < -0.4 is 16.4 Å². The van der Waals surface area contributed by atoms with Crippen molar-refractivity contribution in [3.05, 3.63) is 29.6 Å². The van der Waals surface area contributed by atoms with Crippen LogP contribution in [0.5, 0.6) is 0 Å². The summed E-state index contributed by atoms with van der Waals surface area (Å²) in [6.45, 7) is 0. The van der Waals surface area contributed by atoms with Crippen LogP contribution in [0.25, 0.3) is 0 Å². The maximum atomic E-state index is 14.9. The summed E-state index contributed by atoms with van der Waals surface area (Å²) in [5, 5.41) is 0. The number of hydrogen-bond acceptors (Lipinski definition) is 7. The fourth-order valence-corrected chi connectivity index (χ4v) is 3.69. The molecule has 1 aliphatic heterocycles. The molecule has 0 aromatic heterocycles. The Kier molecular flexibility index (Phi) is 4.91. The van der Waals surface area contributed by atoms with E-state index < -0.39 is 17.8 Å². The molecule has 0 bridgehead atoms. The Labute approximate surface area is 146 Å². The number of nitrogens with zero attached hydrogens (tertiary/aromatic N) is 3. The minimum absolute atomic E-state index is 0.145. The van der Waals surface area contributed by atoms with E-state index in [0.717, 1.165) is 32.1 Å². The molecule has 2 aliphatic rings. The van der Waals surface area contributed by atoms with E-state index in [0.29, 0.717) is 11.3 Å². The molecule has 1 fully saturated rings. The van der Waals surface area contributed by atoms with Crippen molar-refractivity contribution in [1.29, 1.82) is 0 Å². The normalized spacial score (nSPS) is 19.9. The largest absolute Gasteiger partial charge is 0.369 e. The van der Waals surface area contributed by atoms with Crippen molar-refractivity contribution >= 4 is 17.6 Å². The number of anilines is 1. The molecular formula is C17H24FN5O2. The van der Waals surface area contributed by atoms with Gasteiger partial charge in [-0.25, -0.2) is 9.38 Å². The number of nitrogens with two attached hydrogens (primary N) is 2. The van der Waals surface area contributed by atoms with E-state index in [9.17, 15) is 4.39 Å². The second-order valence-corrected chi connectivity index (χ2v) is 6.33. The topological polar surface area (TPSA) is 98.5 Å². The van der Waals surface area contributed by atoms with Gasteiger partial charge >= 0.3 is 0 Å². The first-order chi connectivity index (χ1) is 12.0. The Balaban J connectivity index is 2.02. The van der Waals surface area contributed by atoms with Gasteiger partial charge in [-0.2, -0.15) is 4.99 Å². The smallest absolute Gasteiger partial charge is 0.220 e. The van der Waals surface area contributed by atoms with E-state index in [-0.39, 0.29) is 11.9 Å². The SMILES string of the molecule is COC(OC)c1ccc(N2C(N)=NC(N)=NC23CCCCC3)c(F)c1. The van der Waals surface area contributed by atoms with Crippen LogP contribution in [0.4, 0.5) is 10.1 Å². The Morgan fingerprint density at radius 2 is 1.84 bits per heavy atom. The number of halogens is 1. The highest BCUT2D eigenvalue weighted by atomic mass is 19.1. The summed E-state index contributed by atoms with van der Waals surface area (Å²) in [6.07, 6.45) is 3.96. The predicted octanol–water partition coefficient (Wildman–Crippen LogP) is 2.23. The van der Waals surface area contributed by atoms with Crippen molar-refractivity contribution in [2.24, 2.45) is 21.5 Å². The second kappa shape index (κ2) is 6.97. The van der Waals surface area contributed by atoms with Crippen molar-refractivity contribution in [1.82, 2.24) is 0 Å². The summed E-state index contributed by atoms with van der Waals surface area (Å²) in [5.41, 5.74) is 12.2. The minimum Gasteiger partial charge on any atom is -0.369 e. The van der Waals surface area contributed by atoms with Crippen LogP contribution in [0.2, 0.25) is 0 Å². The van der Waals surface area contributed by atoms with E-state index >= 15 is 0 Å². The lowest BCUT2D eigenvalue weighted by Gasteiger charge is -2.45. The summed E-state index contributed by atoms with van der Waals surface area (Å²) < 4.78 is 25.3. The van der Waals surface area contributed by atoms with E-state index in [4.69, 9.17) is 20.9 Å². The molecule has 1 heterocycles. The van der Waals surface area contributed by atoms with Gasteiger partial charge in [0.25, 0.3) is 0 Å². The van der Waals surface area contributed by atoms with Gasteiger partial charge in [0.15, 0.2) is 6.29 Å². The van der Waals surface area contributed by atoms with Gasteiger partial charge in [0.1, 0.15) is 11.5 Å². The zero-order chi connectivity index (χ0) is 18.0. The number of aliphatic imine (C=N–C) groups is 2. The molecule has 25 heavy (non-hydrogen) atoms. The maximum absolute atomic E-state index is 14.9. The first-order valence-electron chi connectivity index (χ1n) is 8.35. The number of ether oxygens (including phenoxy) is 2. The first kappa shape index (κ1) is 17.6. The molecule has 1 aromatic rings. The summed E-state index contributed by atoms with van der Waals surface area (Å²) in [5.74, 6) is -0.127. The molecule has 1 saturated carbocycles. The number of rotatable bonds is 4. The highest BCUT2D eigenvalue weighted by Gasteiger charge is 2.43. The summed E-state index contributed by atoms with van der Waals surface area (Å²) in [7, 11) is 3.01. The molecule has 1 spiro atoms. The van der Waals surface area contributed by atoms with E-state index in [1.54, 1.807) is 17.0 Å². The molecule has 0 radical (unpaired) electrons. The summed E-state index contributed by atoms with van der Waals surface area (Å²) >= 11 is 0. The third kappa shape index (κ3) is 3.19. The zero-order valence-corrected chi connectivity index (χ0v) is 14.5. The van der Waals surface area contributed by atoms with Crippen LogP contribution in [0.15, 0.2) is 28.2 Å². The Hall–Kier alpha value is -2.19. The number of methoxy groups -OCH3 is 2. The molecular weight excluding hydrogens is 325 g/mol. The fraction of sp³-hybridized carbons (Fsp3) is 0.529. The highest BCUT2D eigenvalue weighted by molar-refractivity contribution is 6.05. The standard InChI is InChI=1S/C17H24FN5O2/c1-24-14(25-2)11-6-7-13(12(18)10-11)23-16(20)21-15(19)22-17(23)8-4-3-5-9-17/h6-7,10,14H,3-5,8-9H2,1-2H3,(H4,19,20,21,22). The fourth-order valence-electron chi connectivity index (χ4n) is 3.69. The third-order valence-electron chi connectivity index (χ3n) is 4.76. The first-order valence-corrected chi connectivity index (χ1v) is 8.35. The minimum atomic E-state index is -0.668. The highest BCUT2D eigenvalue weighted by Crippen LogP contribution is 2.40. The zero-order valence-electron chi connectivity index (χ0n) is 14.5. The van der Waals surface area contributed by atoms with Crippen molar-refractivity contribution < 1.29 is 13.9 Å². The van der Waals surface area contributed by atoms with Gasteiger partial charge in [-0.1, -0.05) is 12.5 Å². The molecule has 1 aliphatic carbocycles. The Morgan fingerprint density at radius 1 is 1.16 bits per heavy atom. The molecule has 0 atom stereocenters. The van der Waals surface area contributed by atoms with Gasteiger partial charge in [-0.05, 0) is 37.8 Å². The van der Waals surface area contributed by atoms with Gasteiger partial charge in [-0.3, -0.25) is 4.90 Å². The van der Waals surface area contributed by atoms with Crippen LogP contribution in [-0.4, -0.2) is 31.8 Å². The van der Waals surface area contributed by atoms with Crippen LogP contribution in [0, 0.1) is 5.82 Å². The Bertz CT molecular complexity index is 696. The number of hydrogen-bond donors (Lipinski definition) is 2. The van der Waals surface area contributed by atoms with Gasteiger partial charge in [-0.15, -0.1) is 0 Å². The van der Waals surface area contributed by atoms with Crippen molar-refractivity contribution in [3.8, 4) is 0 Å². The third-order valence-corrected chi connectivity index (χ3v) is 4.76. The average molecular weight is 349 g/mol. The van der Waals surface area contributed by atoms with Gasteiger partial charge in [0, 0.05) is 19.8 Å². The molecule has 3 rings (SSSR count). The Morgan fingerprint density at radius 3 is 2.44 bits per heavy atom. The molecule has 0 unspecified atom stereocenters. The summed E-state index contributed by atoms with van der Waals surface area (Å²) in [6, 6.07) is 4.80. The van der Waals surface area contributed by atoms with Crippen LogP contribution in [0.3, 0.4) is 0 Å². The van der Waals surface area contributed by atoms with E-state index in [1.165, 1.54) is 20.3 Å². The molecule has 0 saturated heterocycles. The summed E-state index contributed by atoms with van der Waals surface area (Å²) in [4.78, 5) is 10.3. The van der Waals surface area contributed by atoms with Crippen molar-refractivity contribution in [3.63, 3.8) is 0 Å². The van der Waals surface area contributed by atoms with Crippen LogP contribution in [0.1, 0.15) is 44.0 Å². The molecule has 136 valence electrons. The molecule has 4 N–H and O–H groups in total. The lowest BCUT2D eigenvalue weighted by atomic mass is 9.87. The molecule has 7 nitrogen and oxygen atoms in total. The second-order valence-electron chi connectivity index (χ2n) is 6.33. The molecule has 1 aromatic carbocycles. The lowest BCUT2D eigenvalue weighted by molar-refractivity contribution is -0.106. The lowest BCUT2D eigenvalue weighted by Crippen LogP contribution is -2.58. The average Bonchev–Trinajstić information content (AvgIpc) is 2.58. The van der Waals surface area contributed by atoms with Crippen LogP contribution in [-0.2, 0) is 9.47 Å². The van der Waals surface area contributed by atoms with E-state index in [2.05, 4.69) is 9.98 Å². The maximum Gasteiger partial charge on any atom is 0.220 e. The predicted molar refractivity (Wildman–Crippen MR) is 94.7 cm³/mol. The van der Waals surface area contributed by atoms with Gasteiger partial charge in [0.2, 0.25) is 11.9 Å². The van der Waals surface area contributed by atoms with Gasteiger partial charge in [0.05, 0.1) is 5.69 Å². The van der Waals surface area contributed by atoms with Crippen LogP contribution >= 0.6 is 0 Å².